The SMILES string of the molecule is CCc1cccc(CC)c1NC(=O)c1ccc(CN)cc1. The fraction of sp³-hybridized carbons (Fsp3) is 0.278. The van der Waals surface area contributed by atoms with Gasteiger partial charge in [0.15, 0.2) is 0 Å². The van der Waals surface area contributed by atoms with Gasteiger partial charge in [-0.15, -0.1) is 0 Å². The topological polar surface area (TPSA) is 55.1 Å². The molecule has 0 aromatic heterocycles. The second-order valence-corrected chi connectivity index (χ2v) is 5.01. The molecule has 3 nitrogen and oxygen atoms in total. The highest BCUT2D eigenvalue weighted by molar-refractivity contribution is 6.05. The second-order valence-electron chi connectivity index (χ2n) is 5.01. The van der Waals surface area contributed by atoms with Gasteiger partial charge < -0.3 is 11.1 Å². The summed E-state index contributed by atoms with van der Waals surface area (Å²) in [4.78, 5) is 12.4. The molecule has 0 unspecified atom stereocenters. The minimum Gasteiger partial charge on any atom is -0.326 e. The third-order valence-corrected chi connectivity index (χ3v) is 3.69. The number of para-hydroxylation sites is 1. The summed E-state index contributed by atoms with van der Waals surface area (Å²) in [6.45, 7) is 4.68. The molecule has 0 heterocycles. The van der Waals surface area contributed by atoms with Crippen LogP contribution in [0.4, 0.5) is 5.69 Å². The van der Waals surface area contributed by atoms with Gasteiger partial charge in [0.25, 0.3) is 5.91 Å². The highest BCUT2D eigenvalue weighted by Gasteiger charge is 2.11. The van der Waals surface area contributed by atoms with Crippen LogP contribution in [0, 0.1) is 0 Å². The molecule has 2 aromatic carbocycles. The molecule has 0 aliphatic heterocycles. The number of carbonyl (C=O) groups is 1. The molecule has 0 radical (unpaired) electrons. The number of aryl methyl sites for hydroxylation is 2. The van der Waals surface area contributed by atoms with E-state index in [1.54, 1.807) is 0 Å². The number of hydrogen-bond donors (Lipinski definition) is 2. The predicted octanol–water partition coefficient (Wildman–Crippen LogP) is 3.52. The van der Waals surface area contributed by atoms with Gasteiger partial charge in [0.05, 0.1) is 0 Å². The Labute approximate surface area is 126 Å². The second kappa shape index (κ2) is 7.04. The molecule has 3 N–H and O–H groups in total. The third kappa shape index (κ3) is 3.50. The Hall–Kier alpha value is -2.13. The molecule has 0 saturated heterocycles. The van der Waals surface area contributed by atoms with E-state index < -0.39 is 0 Å². The summed E-state index contributed by atoms with van der Waals surface area (Å²) in [7, 11) is 0. The molecule has 0 saturated carbocycles. The van der Waals surface area contributed by atoms with E-state index >= 15 is 0 Å². The normalized spacial score (nSPS) is 10.4. The van der Waals surface area contributed by atoms with E-state index in [2.05, 4.69) is 31.3 Å². The van der Waals surface area contributed by atoms with Crippen molar-refractivity contribution in [2.75, 3.05) is 5.32 Å². The van der Waals surface area contributed by atoms with Crippen molar-refractivity contribution in [2.24, 2.45) is 5.73 Å². The fourth-order valence-corrected chi connectivity index (χ4v) is 2.38. The van der Waals surface area contributed by atoms with Crippen LogP contribution in [-0.2, 0) is 19.4 Å². The van der Waals surface area contributed by atoms with Crippen LogP contribution in [0.15, 0.2) is 42.5 Å². The van der Waals surface area contributed by atoms with E-state index in [0.717, 1.165) is 24.1 Å². The molecule has 110 valence electrons. The zero-order chi connectivity index (χ0) is 15.2. The van der Waals surface area contributed by atoms with Gasteiger partial charge in [0.1, 0.15) is 0 Å². The summed E-state index contributed by atoms with van der Waals surface area (Å²) in [6.07, 6.45) is 1.80. The first kappa shape index (κ1) is 15.3. The van der Waals surface area contributed by atoms with E-state index in [-0.39, 0.29) is 5.91 Å². The first-order chi connectivity index (χ1) is 10.2. The van der Waals surface area contributed by atoms with Crippen LogP contribution in [-0.4, -0.2) is 5.91 Å². The van der Waals surface area contributed by atoms with Crippen molar-refractivity contribution in [3.63, 3.8) is 0 Å². The summed E-state index contributed by atoms with van der Waals surface area (Å²) in [5.74, 6) is -0.0748. The lowest BCUT2D eigenvalue weighted by Crippen LogP contribution is -2.15. The van der Waals surface area contributed by atoms with Crippen molar-refractivity contribution >= 4 is 11.6 Å². The van der Waals surface area contributed by atoms with Crippen molar-refractivity contribution in [1.82, 2.24) is 0 Å². The molecular formula is C18H22N2O. The molecule has 3 heteroatoms. The smallest absolute Gasteiger partial charge is 0.255 e. The first-order valence-electron chi connectivity index (χ1n) is 7.40. The summed E-state index contributed by atoms with van der Waals surface area (Å²) in [5, 5.41) is 3.06. The van der Waals surface area contributed by atoms with Crippen LogP contribution in [0.1, 0.15) is 40.9 Å². The van der Waals surface area contributed by atoms with Gasteiger partial charge in [0, 0.05) is 17.8 Å². The van der Waals surface area contributed by atoms with Gasteiger partial charge in [-0.05, 0) is 41.7 Å². The van der Waals surface area contributed by atoms with Crippen LogP contribution in [0.25, 0.3) is 0 Å². The van der Waals surface area contributed by atoms with Crippen LogP contribution < -0.4 is 11.1 Å². The maximum Gasteiger partial charge on any atom is 0.255 e. The standard InChI is InChI=1S/C18H22N2O/c1-3-14-6-5-7-15(4-2)17(14)20-18(21)16-10-8-13(12-19)9-11-16/h5-11H,3-4,12,19H2,1-2H3,(H,20,21). The van der Waals surface area contributed by atoms with Crippen LogP contribution >= 0.6 is 0 Å². The Bertz CT molecular complexity index is 595. The van der Waals surface area contributed by atoms with Gasteiger partial charge in [-0.3, -0.25) is 4.79 Å². The molecule has 2 rings (SSSR count). The van der Waals surface area contributed by atoms with E-state index in [1.807, 2.05) is 30.3 Å². The summed E-state index contributed by atoms with van der Waals surface area (Å²) < 4.78 is 0. The van der Waals surface area contributed by atoms with Crippen LogP contribution in [0.3, 0.4) is 0 Å². The number of benzene rings is 2. The van der Waals surface area contributed by atoms with Crippen molar-refractivity contribution in [3.05, 3.63) is 64.7 Å². The van der Waals surface area contributed by atoms with E-state index in [9.17, 15) is 4.79 Å². The molecule has 0 spiro atoms. The van der Waals surface area contributed by atoms with Crippen LogP contribution in [0.5, 0.6) is 0 Å². The monoisotopic (exact) mass is 282 g/mol. The predicted molar refractivity (Wildman–Crippen MR) is 87.5 cm³/mol. The number of nitrogens with one attached hydrogen (secondary N) is 1. The Kier molecular flexibility index (Phi) is 5.12. The molecule has 0 aliphatic carbocycles. The number of hydrogen-bond acceptors (Lipinski definition) is 2. The quantitative estimate of drug-likeness (QED) is 0.881. The largest absolute Gasteiger partial charge is 0.326 e. The Morgan fingerprint density at radius 1 is 1.00 bits per heavy atom. The number of rotatable bonds is 5. The van der Waals surface area contributed by atoms with Gasteiger partial charge in [-0.25, -0.2) is 0 Å². The van der Waals surface area contributed by atoms with Crippen molar-refractivity contribution in [1.29, 1.82) is 0 Å². The van der Waals surface area contributed by atoms with Gasteiger partial charge in [-0.1, -0.05) is 44.2 Å². The van der Waals surface area contributed by atoms with Gasteiger partial charge in [0.2, 0.25) is 0 Å². The summed E-state index contributed by atoms with van der Waals surface area (Å²) >= 11 is 0. The zero-order valence-corrected chi connectivity index (χ0v) is 12.6. The first-order valence-corrected chi connectivity index (χ1v) is 7.40. The van der Waals surface area contributed by atoms with E-state index in [0.29, 0.717) is 12.1 Å². The highest BCUT2D eigenvalue weighted by atomic mass is 16.1. The Balaban J connectivity index is 2.26. The lowest BCUT2D eigenvalue weighted by atomic mass is 10.0. The minimum absolute atomic E-state index is 0.0748. The van der Waals surface area contributed by atoms with E-state index in [4.69, 9.17) is 5.73 Å². The molecule has 0 atom stereocenters. The summed E-state index contributed by atoms with van der Waals surface area (Å²) in [5.41, 5.74) is 10.5. The average molecular weight is 282 g/mol. The van der Waals surface area contributed by atoms with E-state index in [1.165, 1.54) is 11.1 Å². The van der Waals surface area contributed by atoms with Gasteiger partial charge >= 0.3 is 0 Å². The van der Waals surface area contributed by atoms with Crippen molar-refractivity contribution in [2.45, 2.75) is 33.2 Å². The van der Waals surface area contributed by atoms with Crippen LogP contribution in [0.2, 0.25) is 0 Å². The zero-order valence-electron chi connectivity index (χ0n) is 12.6. The number of anilines is 1. The summed E-state index contributed by atoms with van der Waals surface area (Å²) in [6, 6.07) is 13.6. The number of amides is 1. The number of carbonyl (C=O) groups excluding carboxylic acids is 1. The fourth-order valence-electron chi connectivity index (χ4n) is 2.38. The molecule has 21 heavy (non-hydrogen) atoms. The molecule has 0 fully saturated rings. The number of nitrogens with two attached hydrogens (primary N) is 1. The minimum atomic E-state index is -0.0748. The Morgan fingerprint density at radius 3 is 2.05 bits per heavy atom. The molecular weight excluding hydrogens is 260 g/mol. The average Bonchev–Trinajstić information content (AvgIpc) is 2.55. The molecule has 1 amide bonds. The molecule has 0 aliphatic rings. The molecule has 0 bridgehead atoms. The van der Waals surface area contributed by atoms with Crippen molar-refractivity contribution < 1.29 is 4.79 Å². The Morgan fingerprint density at radius 2 is 1.57 bits per heavy atom. The maximum absolute atomic E-state index is 12.4. The van der Waals surface area contributed by atoms with Gasteiger partial charge in [-0.2, -0.15) is 0 Å². The maximum atomic E-state index is 12.4. The lowest BCUT2D eigenvalue weighted by Gasteiger charge is -2.14. The molecule has 2 aromatic rings. The lowest BCUT2D eigenvalue weighted by molar-refractivity contribution is 0.102. The van der Waals surface area contributed by atoms with Crippen molar-refractivity contribution in [3.8, 4) is 0 Å². The highest BCUT2D eigenvalue weighted by Crippen LogP contribution is 2.23. The third-order valence-electron chi connectivity index (χ3n) is 3.69.